The van der Waals surface area contributed by atoms with Gasteiger partial charge in [0.05, 0.1) is 40.5 Å². The van der Waals surface area contributed by atoms with Crippen LogP contribution in [0.15, 0.2) is 35.6 Å². The fraction of sp³-hybridized carbons (Fsp3) is 0.429. The van der Waals surface area contributed by atoms with Crippen LogP contribution in [-0.2, 0) is 29.0 Å². The second-order valence-corrected chi connectivity index (χ2v) is 12.8. The molecular weight excluding hydrogens is 504 g/mol. The van der Waals surface area contributed by atoms with E-state index in [2.05, 4.69) is 38.0 Å². The number of ether oxygens (including phenoxy) is 2. The number of methoxy groups -OCH3 is 1. The maximum absolute atomic E-state index is 13.0. The summed E-state index contributed by atoms with van der Waals surface area (Å²) >= 11 is 3.05. The minimum Gasteiger partial charge on any atom is -0.495 e. The SMILES string of the molecule is COc1ccccc1NC(=O)[C@H](C)Sc1ncnc2c1sc1nc(CC(C)C)c3c(c12)CC(C)(C)OC3. The van der Waals surface area contributed by atoms with E-state index in [9.17, 15) is 4.79 Å². The summed E-state index contributed by atoms with van der Waals surface area (Å²) in [7, 11) is 1.59. The largest absolute Gasteiger partial charge is 0.495 e. The van der Waals surface area contributed by atoms with Crippen molar-refractivity contribution in [1.82, 2.24) is 15.0 Å². The number of rotatable bonds is 7. The van der Waals surface area contributed by atoms with Crippen molar-refractivity contribution in [3.8, 4) is 5.75 Å². The molecule has 1 aliphatic heterocycles. The molecule has 0 aliphatic carbocycles. The van der Waals surface area contributed by atoms with E-state index in [1.165, 1.54) is 22.9 Å². The third-order valence-electron chi connectivity index (χ3n) is 6.51. The van der Waals surface area contributed by atoms with Crippen LogP contribution in [0.2, 0.25) is 0 Å². The number of amides is 1. The Morgan fingerprint density at radius 1 is 1.22 bits per heavy atom. The Hall–Kier alpha value is -2.75. The number of fused-ring (bicyclic) bond motifs is 5. The number of thioether (sulfide) groups is 1. The summed E-state index contributed by atoms with van der Waals surface area (Å²) in [6.45, 7) is 11.2. The molecule has 37 heavy (non-hydrogen) atoms. The first-order valence-corrected chi connectivity index (χ1v) is 14.2. The highest BCUT2D eigenvalue weighted by Crippen LogP contribution is 2.43. The van der Waals surface area contributed by atoms with Gasteiger partial charge in [-0.2, -0.15) is 0 Å². The van der Waals surface area contributed by atoms with Crippen LogP contribution in [0.1, 0.15) is 51.4 Å². The Morgan fingerprint density at radius 3 is 2.76 bits per heavy atom. The van der Waals surface area contributed by atoms with Gasteiger partial charge < -0.3 is 14.8 Å². The third-order valence-corrected chi connectivity index (χ3v) is 8.81. The van der Waals surface area contributed by atoms with Gasteiger partial charge in [0.15, 0.2) is 0 Å². The molecule has 194 valence electrons. The number of aromatic nitrogens is 3. The average molecular weight is 537 g/mol. The first-order valence-electron chi connectivity index (χ1n) is 12.5. The molecule has 0 fully saturated rings. The van der Waals surface area contributed by atoms with E-state index in [0.717, 1.165) is 44.0 Å². The summed E-state index contributed by atoms with van der Waals surface area (Å²) in [5.74, 6) is 1.00. The molecule has 0 saturated carbocycles. The number of pyridine rings is 1. The fourth-order valence-corrected chi connectivity index (χ4v) is 6.84. The second kappa shape index (κ2) is 10.2. The molecule has 0 radical (unpaired) electrons. The van der Waals surface area contributed by atoms with Gasteiger partial charge >= 0.3 is 0 Å². The molecule has 7 nitrogen and oxygen atoms in total. The number of carbonyl (C=O) groups is 1. The van der Waals surface area contributed by atoms with Crippen LogP contribution in [0.5, 0.6) is 5.75 Å². The van der Waals surface area contributed by atoms with Gasteiger partial charge in [-0.3, -0.25) is 4.79 Å². The Labute approximate surface area is 225 Å². The van der Waals surface area contributed by atoms with E-state index in [0.29, 0.717) is 24.0 Å². The summed E-state index contributed by atoms with van der Waals surface area (Å²) < 4.78 is 12.5. The van der Waals surface area contributed by atoms with Crippen LogP contribution in [0.4, 0.5) is 5.69 Å². The normalized spacial score (nSPS) is 15.6. The lowest BCUT2D eigenvalue weighted by Gasteiger charge is -2.33. The van der Waals surface area contributed by atoms with Crippen molar-refractivity contribution in [3.63, 3.8) is 0 Å². The number of nitrogens with one attached hydrogen (secondary N) is 1. The smallest absolute Gasteiger partial charge is 0.237 e. The Balaban J connectivity index is 1.53. The zero-order valence-corrected chi connectivity index (χ0v) is 23.7. The van der Waals surface area contributed by atoms with Gasteiger partial charge in [-0.15, -0.1) is 11.3 Å². The number of nitrogens with zero attached hydrogens (tertiary/aromatic N) is 3. The minimum absolute atomic E-state index is 0.115. The van der Waals surface area contributed by atoms with Gasteiger partial charge in [0.25, 0.3) is 0 Å². The Kier molecular flexibility index (Phi) is 7.13. The topological polar surface area (TPSA) is 86.2 Å². The molecule has 0 saturated heterocycles. The first kappa shape index (κ1) is 25.9. The van der Waals surface area contributed by atoms with Crippen molar-refractivity contribution in [2.75, 3.05) is 12.4 Å². The van der Waals surface area contributed by atoms with Gasteiger partial charge in [0, 0.05) is 23.1 Å². The Morgan fingerprint density at radius 2 is 2.00 bits per heavy atom. The van der Waals surface area contributed by atoms with Crippen LogP contribution in [-0.4, -0.2) is 38.8 Å². The minimum atomic E-state index is -0.376. The maximum atomic E-state index is 13.0. The first-order chi connectivity index (χ1) is 17.7. The van der Waals surface area contributed by atoms with Gasteiger partial charge in [0.1, 0.15) is 21.9 Å². The Bertz CT molecular complexity index is 1480. The van der Waals surface area contributed by atoms with Crippen molar-refractivity contribution in [2.45, 2.75) is 69.9 Å². The number of benzene rings is 1. The summed E-state index contributed by atoms with van der Waals surface area (Å²) in [6.07, 6.45) is 3.31. The summed E-state index contributed by atoms with van der Waals surface area (Å²) in [4.78, 5) is 28.4. The van der Waals surface area contributed by atoms with Gasteiger partial charge in [-0.25, -0.2) is 15.0 Å². The molecule has 1 atom stereocenters. The van der Waals surface area contributed by atoms with Crippen LogP contribution in [0, 0.1) is 5.92 Å². The number of thiophene rings is 1. The van der Waals surface area contributed by atoms with E-state index >= 15 is 0 Å². The molecule has 9 heteroatoms. The average Bonchev–Trinajstić information content (AvgIpc) is 3.23. The van der Waals surface area contributed by atoms with Crippen LogP contribution in [0.25, 0.3) is 20.4 Å². The van der Waals surface area contributed by atoms with E-state index < -0.39 is 0 Å². The zero-order valence-electron chi connectivity index (χ0n) is 22.0. The number of carbonyl (C=O) groups excluding carboxylic acids is 1. The molecule has 0 bridgehead atoms. The highest BCUT2D eigenvalue weighted by Gasteiger charge is 2.32. The number of anilines is 1. The van der Waals surface area contributed by atoms with Crippen molar-refractivity contribution in [3.05, 3.63) is 47.4 Å². The molecule has 1 amide bonds. The molecule has 1 N–H and O–H groups in total. The van der Waals surface area contributed by atoms with Crippen molar-refractivity contribution in [1.29, 1.82) is 0 Å². The molecular formula is C28H32N4O3S2. The maximum Gasteiger partial charge on any atom is 0.237 e. The third kappa shape index (κ3) is 5.17. The van der Waals surface area contributed by atoms with E-state index in [1.54, 1.807) is 24.8 Å². The van der Waals surface area contributed by atoms with Crippen LogP contribution >= 0.6 is 23.1 Å². The lowest BCUT2D eigenvalue weighted by atomic mass is 9.88. The molecule has 0 unspecified atom stereocenters. The second-order valence-electron chi connectivity index (χ2n) is 10.4. The molecule has 5 rings (SSSR count). The number of hydrogen-bond acceptors (Lipinski definition) is 8. The van der Waals surface area contributed by atoms with E-state index in [1.807, 2.05) is 31.2 Å². The van der Waals surface area contributed by atoms with Crippen LogP contribution < -0.4 is 10.1 Å². The molecule has 1 aromatic carbocycles. The zero-order chi connectivity index (χ0) is 26.3. The highest BCUT2D eigenvalue weighted by atomic mass is 32.2. The molecule has 3 aromatic heterocycles. The van der Waals surface area contributed by atoms with E-state index in [-0.39, 0.29) is 16.8 Å². The van der Waals surface area contributed by atoms with Crippen molar-refractivity contribution >= 4 is 55.1 Å². The standard InChI is InChI=1S/C28H32N4O3S2/c1-15(2)11-20-18-13-35-28(4,5)12-17(18)22-23-24(37-26(22)32-20)27(30-14-29-23)36-16(3)25(33)31-19-9-7-8-10-21(19)34-6/h7-10,14-16H,11-13H2,1-6H3,(H,31,33)/t16-/m0/s1. The van der Waals surface area contributed by atoms with Gasteiger partial charge in [-0.05, 0) is 50.8 Å². The molecule has 4 heterocycles. The van der Waals surface area contributed by atoms with Crippen molar-refractivity contribution < 1.29 is 14.3 Å². The lowest BCUT2D eigenvalue weighted by molar-refractivity contribution is -0.115. The molecule has 1 aliphatic rings. The van der Waals surface area contributed by atoms with E-state index in [4.69, 9.17) is 19.4 Å². The van der Waals surface area contributed by atoms with Gasteiger partial charge in [0.2, 0.25) is 5.91 Å². The summed E-state index contributed by atoms with van der Waals surface area (Å²) in [5, 5.41) is 4.50. The van der Waals surface area contributed by atoms with Crippen LogP contribution in [0.3, 0.4) is 0 Å². The monoisotopic (exact) mass is 536 g/mol. The fourth-order valence-electron chi connectivity index (χ4n) is 4.70. The quantitative estimate of drug-likeness (QED) is 0.215. The molecule has 4 aromatic rings. The predicted octanol–water partition coefficient (Wildman–Crippen LogP) is 6.42. The predicted molar refractivity (Wildman–Crippen MR) is 151 cm³/mol. The lowest BCUT2D eigenvalue weighted by Crippen LogP contribution is -2.33. The summed E-state index contributed by atoms with van der Waals surface area (Å²) in [6, 6.07) is 7.40. The van der Waals surface area contributed by atoms with Gasteiger partial charge in [-0.1, -0.05) is 37.7 Å². The highest BCUT2D eigenvalue weighted by molar-refractivity contribution is 8.00. The number of para-hydroxylation sites is 2. The summed E-state index contributed by atoms with van der Waals surface area (Å²) in [5.41, 5.74) is 4.92. The number of hydrogen-bond donors (Lipinski definition) is 1. The van der Waals surface area contributed by atoms with Crippen molar-refractivity contribution in [2.24, 2.45) is 5.92 Å². The molecule has 0 spiro atoms.